The number of hydrogen-bond acceptors (Lipinski definition) is 4. The number of carbonyl (C=O) groups is 1. The van der Waals surface area contributed by atoms with E-state index >= 15 is 0 Å². The van der Waals surface area contributed by atoms with Crippen LogP contribution in [-0.2, 0) is 11.8 Å². The van der Waals surface area contributed by atoms with Crippen molar-refractivity contribution in [2.75, 3.05) is 0 Å². The number of Topliss-reactive ketones (excluding diaryl/α,β-unsaturated/α-hetero) is 1. The topological polar surface area (TPSA) is 70.4 Å². The number of benzene rings is 1. The molecule has 4 nitrogen and oxygen atoms in total. The van der Waals surface area contributed by atoms with Crippen LogP contribution in [0.25, 0.3) is 0 Å². The van der Waals surface area contributed by atoms with E-state index in [0.29, 0.717) is 24.3 Å². The number of aromatic nitrogens is 1. The number of aliphatic hydroxyl groups excluding tert-OH is 1. The average Bonchev–Trinajstić information content (AvgIpc) is 2.90. The Morgan fingerprint density at radius 1 is 1.19 bits per heavy atom. The third-order valence-corrected chi connectivity index (χ3v) is 8.32. The zero-order chi connectivity index (χ0) is 22.9. The van der Waals surface area contributed by atoms with E-state index in [9.17, 15) is 15.0 Å². The molecule has 32 heavy (non-hydrogen) atoms. The van der Waals surface area contributed by atoms with Crippen molar-refractivity contribution < 1.29 is 15.0 Å². The number of rotatable bonds is 6. The van der Waals surface area contributed by atoms with Crippen LogP contribution in [0, 0.1) is 12.8 Å². The molecule has 2 N–H and O–H groups in total. The molecule has 2 aromatic rings. The van der Waals surface area contributed by atoms with Crippen molar-refractivity contribution in [1.82, 2.24) is 4.98 Å². The highest BCUT2D eigenvalue weighted by Crippen LogP contribution is 2.55. The van der Waals surface area contributed by atoms with E-state index in [1.807, 2.05) is 31.2 Å². The van der Waals surface area contributed by atoms with Crippen molar-refractivity contribution in [2.45, 2.75) is 95.7 Å². The lowest BCUT2D eigenvalue weighted by molar-refractivity contribution is -0.0549. The summed E-state index contributed by atoms with van der Waals surface area (Å²) in [7, 11) is 0. The Labute approximate surface area is 192 Å². The molecule has 0 bridgehead atoms. The van der Waals surface area contributed by atoms with Crippen LogP contribution >= 0.6 is 0 Å². The molecule has 2 aliphatic rings. The molecule has 0 saturated heterocycles. The fourth-order valence-corrected chi connectivity index (χ4v) is 6.46. The monoisotopic (exact) mass is 435 g/mol. The molecule has 2 aliphatic carbocycles. The van der Waals surface area contributed by atoms with Crippen LogP contribution in [0.15, 0.2) is 36.5 Å². The highest BCUT2D eigenvalue weighted by Gasteiger charge is 2.50. The Kier molecular flexibility index (Phi) is 6.56. The molecule has 1 unspecified atom stereocenters. The smallest absolute Gasteiger partial charge is 0.167 e. The summed E-state index contributed by atoms with van der Waals surface area (Å²) in [5.74, 6) is 0.414. The van der Waals surface area contributed by atoms with Crippen molar-refractivity contribution in [3.05, 3.63) is 64.5 Å². The van der Waals surface area contributed by atoms with Crippen LogP contribution in [0.1, 0.15) is 104 Å². The first kappa shape index (κ1) is 23.1. The first-order chi connectivity index (χ1) is 15.3. The second-order valence-corrected chi connectivity index (χ2v) is 10.1. The lowest BCUT2D eigenvalue weighted by Gasteiger charge is -2.50. The molecule has 1 heterocycles. The number of ketones is 1. The van der Waals surface area contributed by atoms with Gasteiger partial charge >= 0.3 is 0 Å². The van der Waals surface area contributed by atoms with E-state index < -0.39 is 11.7 Å². The second-order valence-electron chi connectivity index (χ2n) is 10.1. The van der Waals surface area contributed by atoms with Crippen LogP contribution in [0.5, 0.6) is 0 Å². The highest BCUT2D eigenvalue weighted by atomic mass is 16.3. The van der Waals surface area contributed by atoms with Gasteiger partial charge in [0.05, 0.1) is 11.7 Å². The summed E-state index contributed by atoms with van der Waals surface area (Å²) in [6.45, 7) is 6.30. The van der Waals surface area contributed by atoms with Crippen molar-refractivity contribution >= 4 is 5.78 Å². The van der Waals surface area contributed by atoms with E-state index in [2.05, 4.69) is 24.9 Å². The molecule has 0 amide bonds. The molecule has 0 spiro atoms. The molecule has 0 aliphatic heterocycles. The summed E-state index contributed by atoms with van der Waals surface area (Å²) in [5.41, 5.74) is 3.99. The van der Waals surface area contributed by atoms with Crippen LogP contribution < -0.4 is 0 Å². The van der Waals surface area contributed by atoms with Gasteiger partial charge in [-0.15, -0.1) is 0 Å². The van der Waals surface area contributed by atoms with E-state index in [1.165, 1.54) is 5.56 Å². The Morgan fingerprint density at radius 3 is 2.72 bits per heavy atom. The van der Waals surface area contributed by atoms with Gasteiger partial charge in [-0.05, 0) is 92.0 Å². The van der Waals surface area contributed by atoms with Gasteiger partial charge in [0.25, 0.3) is 0 Å². The number of fused-ring (bicyclic) bond motifs is 3. The zero-order valence-corrected chi connectivity index (χ0v) is 19.7. The van der Waals surface area contributed by atoms with Crippen molar-refractivity contribution in [3.63, 3.8) is 0 Å². The van der Waals surface area contributed by atoms with Crippen LogP contribution in [-0.4, -0.2) is 26.6 Å². The third-order valence-electron chi connectivity index (χ3n) is 8.32. The van der Waals surface area contributed by atoms with Crippen molar-refractivity contribution in [3.8, 4) is 0 Å². The van der Waals surface area contributed by atoms with Gasteiger partial charge in [-0.3, -0.25) is 9.78 Å². The Hall–Kier alpha value is -2.04. The van der Waals surface area contributed by atoms with Crippen molar-refractivity contribution in [1.29, 1.82) is 0 Å². The number of pyridine rings is 1. The predicted molar refractivity (Wildman–Crippen MR) is 127 cm³/mol. The fraction of sp³-hybridized carbons (Fsp3) is 0.571. The van der Waals surface area contributed by atoms with Crippen LogP contribution in [0.3, 0.4) is 0 Å². The largest absolute Gasteiger partial charge is 0.390 e. The van der Waals surface area contributed by atoms with E-state index in [0.717, 1.165) is 61.8 Å². The Bertz CT molecular complexity index is 986. The summed E-state index contributed by atoms with van der Waals surface area (Å²) in [6.07, 6.45) is 8.47. The summed E-state index contributed by atoms with van der Waals surface area (Å²) < 4.78 is 0. The molecule has 1 fully saturated rings. The molecular formula is C28H37NO3. The van der Waals surface area contributed by atoms with Gasteiger partial charge in [0.2, 0.25) is 0 Å². The lowest BCUT2D eigenvalue weighted by atomic mass is 9.56. The van der Waals surface area contributed by atoms with Gasteiger partial charge in [0.15, 0.2) is 5.78 Å². The number of nitrogens with zero attached hydrogens (tertiary/aromatic N) is 1. The maximum absolute atomic E-state index is 13.1. The first-order valence-electron chi connectivity index (χ1n) is 12.3. The molecule has 0 radical (unpaired) electrons. The van der Waals surface area contributed by atoms with E-state index in [-0.39, 0.29) is 11.2 Å². The van der Waals surface area contributed by atoms with Gasteiger partial charge in [0, 0.05) is 23.9 Å². The molecule has 4 heteroatoms. The maximum atomic E-state index is 13.1. The third kappa shape index (κ3) is 4.15. The second kappa shape index (κ2) is 9.07. The highest BCUT2D eigenvalue weighted by molar-refractivity contribution is 5.98. The zero-order valence-electron chi connectivity index (χ0n) is 19.7. The summed E-state index contributed by atoms with van der Waals surface area (Å²) >= 11 is 0. The minimum atomic E-state index is -0.578. The van der Waals surface area contributed by atoms with Crippen molar-refractivity contribution in [2.24, 2.45) is 5.92 Å². The quantitative estimate of drug-likeness (QED) is 0.578. The summed E-state index contributed by atoms with van der Waals surface area (Å²) in [4.78, 5) is 17.4. The molecular weight excluding hydrogens is 398 g/mol. The van der Waals surface area contributed by atoms with Gasteiger partial charge in [0.1, 0.15) is 0 Å². The van der Waals surface area contributed by atoms with Gasteiger partial charge in [-0.25, -0.2) is 0 Å². The number of aliphatic hydroxyl groups is 2. The predicted octanol–water partition coefficient (Wildman–Crippen LogP) is 5.62. The SMILES string of the molecule is CCC[C@@]1(O)CC[C@@]2(CC)c3ccc(C(=O)Cc4cccnc4C)cc3C(O)CC[C@H]2C1. The Morgan fingerprint density at radius 2 is 2.00 bits per heavy atom. The van der Waals surface area contributed by atoms with Gasteiger partial charge < -0.3 is 10.2 Å². The molecule has 4 atom stereocenters. The maximum Gasteiger partial charge on any atom is 0.167 e. The standard InChI is InChI=1S/C28H37NO3/c1-4-12-27(32)13-14-28(5-2)22(18-27)9-11-25(30)23-16-21(8-10-24(23)28)26(31)17-20-7-6-15-29-19(20)3/h6-8,10,15-16,22,25,30,32H,4-5,9,11-14,17-18H2,1-3H3/t22-,25?,27+,28+/m0/s1. The van der Waals surface area contributed by atoms with E-state index in [4.69, 9.17) is 0 Å². The normalized spacial score (nSPS) is 29.7. The average molecular weight is 436 g/mol. The fourth-order valence-electron chi connectivity index (χ4n) is 6.46. The molecule has 1 aromatic carbocycles. The molecule has 4 rings (SSSR count). The Balaban J connectivity index is 1.68. The minimum absolute atomic E-state index is 0.0334. The van der Waals surface area contributed by atoms with Crippen LogP contribution in [0.2, 0.25) is 0 Å². The number of aryl methyl sites for hydroxylation is 1. The lowest BCUT2D eigenvalue weighted by Crippen LogP contribution is -2.47. The van der Waals surface area contributed by atoms with Gasteiger partial charge in [-0.1, -0.05) is 38.5 Å². The molecule has 172 valence electrons. The van der Waals surface area contributed by atoms with Crippen LogP contribution in [0.4, 0.5) is 0 Å². The minimum Gasteiger partial charge on any atom is -0.390 e. The molecule has 1 aromatic heterocycles. The van der Waals surface area contributed by atoms with Gasteiger partial charge in [-0.2, -0.15) is 0 Å². The molecule has 1 saturated carbocycles. The summed E-state index contributed by atoms with van der Waals surface area (Å²) in [6, 6.07) is 9.82. The van der Waals surface area contributed by atoms with E-state index in [1.54, 1.807) is 6.20 Å². The number of carbonyl (C=O) groups excluding carboxylic acids is 1. The summed E-state index contributed by atoms with van der Waals surface area (Å²) in [5, 5.41) is 22.3. The number of hydrogen-bond donors (Lipinski definition) is 2. The first-order valence-corrected chi connectivity index (χ1v) is 12.3.